The van der Waals surface area contributed by atoms with Crippen molar-refractivity contribution in [3.8, 4) is 5.75 Å². The van der Waals surface area contributed by atoms with Gasteiger partial charge in [-0.15, -0.1) is 0 Å². The Labute approximate surface area is 165 Å². The Bertz CT molecular complexity index is 1030. The second kappa shape index (κ2) is 7.69. The topological polar surface area (TPSA) is 86.4 Å². The first-order chi connectivity index (χ1) is 13.5. The van der Waals surface area contributed by atoms with E-state index in [0.29, 0.717) is 27.5 Å². The fourth-order valence-electron chi connectivity index (χ4n) is 3.33. The van der Waals surface area contributed by atoms with Crippen LogP contribution in [-0.4, -0.2) is 35.3 Å². The highest BCUT2D eigenvalue weighted by Gasteiger charge is 2.17. The van der Waals surface area contributed by atoms with Crippen molar-refractivity contribution in [3.05, 3.63) is 52.9 Å². The third kappa shape index (κ3) is 3.76. The van der Waals surface area contributed by atoms with Gasteiger partial charge in [0.05, 0.1) is 10.5 Å². The zero-order valence-corrected chi connectivity index (χ0v) is 15.6. The number of aromatic nitrogens is 1. The Morgan fingerprint density at radius 3 is 2.71 bits per heavy atom. The fraction of sp³-hybridized carbons (Fsp3) is 0.250. The summed E-state index contributed by atoms with van der Waals surface area (Å²) in [7, 11) is 0. The SMILES string of the molecule is O=C(O)c1cc2c(Nc3ccc(OC4CCNCC4)c(Cl)c3)ccc(F)c2[nH]1. The molecule has 0 saturated carbocycles. The molecule has 8 heteroatoms. The molecule has 1 aliphatic rings. The third-order valence-electron chi connectivity index (χ3n) is 4.76. The number of aromatic amines is 1. The van der Waals surface area contributed by atoms with Gasteiger partial charge in [-0.3, -0.25) is 0 Å². The molecule has 1 aliphatic heterocycles. The summed E-state index contributed by atoms with van der Waals surface area (Å²) in [5.41, 5.74) is 1.32. The summed E-state index contributed by atoms with van der Waals surface area (Å²) in [6, 6.07) is 9.60. The highest BCUT2D eigenvalue weighted by Crippen LogP contribution is 2.33. The number of aromatic carboxylic acids is 1. The van der Waals surface area contributed by atoms with E-state index in [2.05, 4.69) is 15.6 Å². The van der Waals surface area contributed by atoms with Crippen LogP contribution in [-0.2, 0) is 0 Å². The largest absolute Gasteiger partial charge is 0.489 e. The molecular weight excluding hydrogens is 385 g/mol. The molecule has 1 aromatic heterocycles. The van der Waals surface area contributed by atoms with Gasteiger partial charge in [0.1, 0.15) is 23.4 Å². The van der Waals surface area contributed by atoms with E-state index < -0.39 is 11.8 Å². The van der Waals surface area contributed by atoms with E-state index in [-0.39, 0.29) is 17.3 Å². The summed E-state index contributed by atoms with van der Waals surface area (Å²) in [5.74, 6) is -1.04. The molecule has 0 radical (unpaired) electrons. The zero-order chi connectivity index (χ0) is 19.7. The van der Waals surface area contributed by atoms with Crippen molar-refractivity contribution < 1.29 is 19.0 Å². The molecule has 0 atom stereocenters. The second-order valence-corrected chi connectivity index (χ2v) is 7.12. The summed E-state index contributed by atoms with van der Waals surface area (Å²) >= 11 is 6.38. The number of H-pyrrole nitrogens is 1. The summed E-state index contributed by atoms with van der Waals surface area (Å²) in [6.07, 6.45) is 2.01. The zero-order valence-electron chi connectivity index (χ0n) is 14.9. The van der Waals surface area contributed by atoms with Crippen molar-refractivity contribution in [2.24, 2.45) is 0 Å². The lowest BCUT2D eigenvalue weighted by Crippen LogP contribution is -2.34. The minimum Gasteiger partial charge on any atom is -0.489 e. The normalized spacial score (nSPS) is 14.9. The Morgan fingerprint density at radius 1 is 1.21 bits per heavy atom. The number of carbonyl (C=O) groups is 1. The number of rotatable bonds is 5. The fourth-order valence-corrected chi connectivity index (χ4v) is 3.56. The standard InChI is InChI=1S/C20H19ClFN3O3/c21-14-9-11(1-4-18(14)28-12-5-7-23-8-6-12)24-16-3-2-15(22)19-13(16)10-17(25-19)20(26)27/h1-4,9-10,12,23-25H,5-8H2,(H,26,27). The molecule has 0 aliphatic carbocycles. The number of anilines is 2. The van der Waals surface area contributed by atoms with Gasteiger partial charge in [-0.05, 0) is 62.3 Å². The van der Waals surface area contributed by atoms with Crippen LogP contribution in [0, 0.1) is 5.82 Å². The van der Waals surface area contributed by atoms with Crippen LogP contribution in [0.4, 0.5) is 15.8 Å². The van der Waals surface area contributed by atoms with E-state index >= 15 is 0 Å². The maximum Gasteiger partial charge on any atom is 0.352 e. The predicted molar refractivity (Wildman–Crippen MR) is 106 cm³/mol. The first kappa shape index (κ1) is 18.6. The van der Waals surface area contributed by atoms with Crippen LogP contribution in [0.15, 0.2) is 36.4 Å². The molecule has 4 rings (SSSR count). The maximum absolute atomic E-state index is 14.0. The van der Waals surface area contributed by atoms with Crippen molar-refractivity contribution >= 4 is 39.8 Å². The molecule has 0 bridgehead atoms. The van der Waals surface area contributed by atoms with Gasteiger partial charge in [0.2, 0.25) is 0 Å². The van der Waals surface area contributed by atoms with Gasteiger partial charge < -0.3 is 25.5 Å². The van der Waals surface area contributed by atoms with E-state index in [4.69, 9.17) is 21.4 Å². The van der Waals surface area contributed by atoms with Crippen LogP contribution < -0.4 is 15.4 Å². The van der Waals surface area contributed by atoms with Crippen molar-refractivity contribution in [3.63, 3.8) is 0 Å². The van der Waals surface area contributed by atoms with Crippen molar-refractivity contribution in [2.45, 2.75) is 18.9 Å². The number of hydrogen-bond acceptors (Lipinski definition) is 4. The van der Waals surface area contributed by atoms with Gasteiger partial charge in [-0.25, -0.2) is 9.18 Å². The van der Waals surface area contributed by atoms with Crippen molar-refractivity contribution in [2.75, 3.05) is 18.4 Å². The quantitative estimate of drug-likeness (QED) is 0.502. The first-order valence-corrected chi connectivity index (χ1v) is 9.37. The summed E-state index contributed by atoms with van der Waals surface area (Å²) in [4.78, 5) is 13.8. The lowest BCUT2D eigenvalue weighted by Gasteiger charge is -2.24. The summed E-state index contributed by atoms with van der Waals surface area (Å²) < 4.78 is 20.0. The van der Waals surface area contributed by atoms with E-state index in [0.717, 1.165) is 25.9 Å². The average molecular weight is 404 g/mol. The molecule has 146 valence electrons. The van der Waals surface area contributed by atoms with Crippen LogP contribution in [0.25, 0.3) is 10.9 Å². The molecule has 0 unspecified atom stereocenters. The van der Waals surface area contributed by atoms with Gasteiger partial charge in [0, 0.05) is 16.8 Å². The van der Waals surface area contributed by atoms with E-state index in [1.165, 1.54) is 12.1 Å². The van der Waals surface area contributed by atoms with Gasteiger partial charge in [0.15, 0.2) is 0 Å². The van der Waals surface area contributed by atoms with Crippen LogP contribution in [0.3, 0.4) is 0 Å². The summed E-state index contributed by atoms with van der Waals surface area (Å²) in [6.45, 7) is 1.86. The number of hydrogen-bond donors (Lipinski definition) is 4. The summed E-state index contributed by atoms with van der Waals surface area (Å²) in [5, 5.41) is 16.5. The van der Waals surface area contributed by atoms with Gasteiger partial charge in [0.25, 0.3) is 0 Å². The predicted octanol–water partition coefficient (Wildman–Crippen LogP) is 4.53. The molecule has 1 saturated heterocycles. The molecule has 1 fully saturated rings. The highest BCUT2D eigenvalue weighted by molar-refractivity contribution is 6.32. The molecule has 2 aromatic carbocycles. The monoisotopic (exact) mass is 403 g/mol. The average Bonchev–Trinajstić information content (AvgIpc) is 3.14. The smallest absolute Gasteiger partial charge is 0.352 e. The number of carboxylic acids is 1. The van der Waals surface area contributed by atoms with E-state index in [1.807, 2.05) is 6.07 Å². The van der Waals surface area contributed by atoms with Crippen LogP contribution in [0.2, 0.25) is 5.02 Å². The lowest BCUT2D eigenvalue weighted by atomic mass is 10.1. The van der Waals surface area contributed by atoms with E-state index in [9.17, 15) is 9.18 Å². The molecule has 28 heavy (non-hydrogen) atoms. The van der Waals surface area contributed by atoms with E-state index in [1.54, 1.807) is 18.2 Å². The Kier molecular flexibility index (Phi) is 5.11. The molecular formula is C20H19ClFN3O3. The van der Waals surface area contributed by atoms with Crippen LogP contribution >= 0.6 is 11.6 Å². The number of nitrogens with one attached hydrogen (secondary N) is 3. The number of fused-ring (bicyclic) bond motifs is 1. The molecule has 3 aromatic rings. The lowest BCUT2D eigenvalue weighted by molar-refractivity contribution is 0.0691. The second-order valence-electron chi connectivity index (χ2n) is 6.71. The van der Waals surface area contributed by atoms with Gasteiger partial charge in [-0.1, -0.05) is 11.6 Å². The molecule has 4 N–H and O–H groups in total. The molecule has 2 heterocycles. The van der Waals surface area contributed by atoms with Crippen LogP contribution in [0.1, 0.15) is 23.3 Å². The minimum absolute atomic E-state index is 0.0769. The minimum atomic E-state index is -1.15. The Hall–Kier alpha value is -2.77. The number of benzene rings is 2. The first-order valence-electron chi connectivity index (χ1n) is 9.00. The molecule has 6 nitrogen and oxygen atoms in total. The maximum atomic E-state index is 14.0. The van der Waals surface area contributed by atoms with Gasteiger partial charge >= 0.3 is 5.97 Å². The van der Waals surface area contributed by atoms with Crippen LogP contribution in [0.5, 0.6) is 5.75 Å². The highest BCUT2D eigenvalue weighted by atomic mass is 35.5. The number of piperidine rings is 1. The Balaban J connectivity index is 1.58. The van der Waals surface area contributed by atoms with Gasteiger partial charge in [-0.2, -0.15) is 0 Å². The molecule has 0 amide bonds. The van der Waals surface area contributed by atoms with Crippen molar-refractivity contribution in [1.82, 2.24) is 10.3 Å². The number of halogens is 2. The third-order valence-corrected chi connectivity index (χ3v) is 5.06. The Morgan fingerprint density at radius 2 is 2.00 bits per heavy atom. The number of ether oxygens (including phenoxy) is 1. The van der Waals surface area contributed by atoms with Crippen molar-refractivity contribution in [1.29, 1.82) is 0 Å². The number of carboxylic acid groups (broad SMARTS) is 1. The molecule has 0 spiro atoms.